The molecule has 0 aliphatic heterocycles. The molecule has 1 aromatic carbocycles. The predicted molar refractivity (Wildman–Crippen MR) is 124 cm³/mol. The third kappa shape index (κ3) is 3.20. The van der Waals surface area contributed by atoms with Gasteiger partial charge in [-0.25, -0.2) is 4.79 Å². The first kappa shape index (κ1) is 22.4. The van der Waals surface area contributed by atoms with Crippen LogP contribution in [0.5, 0.6) is 0 Å². The van der Waals surface area contributed by atoms with E-state index in [4.69, 9.17) is 0 Å². The maximum Gasteiger partial charge on any atom is 0.335 e. The minimum absolute atomic E-state index is 0.0799. The van der Waals surface area contributed by atoms with E-state index < -0.39 is 5.97 Å². The summed E-state index contributed by atoms with van der Waals surface area (Å²) in [5, 5.41) is 31.2. The third-order valence-electron chi connectivity index (χ3n) is 11.1. The molecule has 3 N–H and O–H groups in total. The Bertz CT molecular complexity index is 865. The van der Waals surface area contributed by atoms with E-state index in [1.165, 1.54) is 24.8 Å². The molecule has 0 radical (unpaired) electrons. The molecule has 0 saturated heterocycles. The largest absolute Gasteiger partial charge is 0.478 e. The number of fused-ring (bicyclic) bond motifs is 5. The molecule has 4 nitrogen and oxygen atoms in total. The number of carboxylic acids is 1. The molecule has 0 unspecified atom stereocenters. The Morgan fingerprint density at radius 3 is 2.38 bits per heavy atom. The Morgan fingerprint density at radius 1 is 0.969 bits per heavy atom. The van der Waals surface area contributed by atoms with Gasteiger partial charge in [-0.05, 0) is 115 Å². The summed E-state index contributed by atoms with van der Waals surface area (Å²) in [7, 11) is 0. The molecule has 0 amide bonds. The van der Waals surface area contributed by atoms with Crippen molar-refractivity contribution in [3.05, 3.63) is 35.4 Å². The first-order valence-corrected chi connectivity index (χ1v) is 12.9. The van der Waals surface area contributed by atoms with Gasteiger partial charge < -0.3 is 15.3 Å². The lowest BCUT2D eigenvalue weighted by Gasteiger charge is -2.62. The molecule has 0 bridgehead atoms. The zero-order chi connectivity index (χ0) is 22.8. The molecule has 0 aromatic heterocycles. The van der Waals surface area contributed by atoms with E-state index in [2.05, 4.69) is 20.8 Å². The van der Waals surface area contributed by atoms with Gasteiger partial charge in [0.25, 0.3) is 0 Å². The summed E-state index contributed by atoms with van der Waals surface area (Å²) < 4.78 is 0. The Hall–Kier alpha value is -1.39. The second kappa shape index (κ2) is 7.84. The maximum atomic E-state index is 11.7. The van der Waals surface area contributed by atoms with Gasteiger partial charge in [0.15, 0.2) is 0 Å². The summed E-state index contributed by atoms with van der Waals surface area (Å²) in [6, 6.07) is 7.39. The summed E-state index contributed by atoms with van der Waals surface area (Å²) in [6.07, 6.45) is 8.27. The molecule has 1 aromatic rings. The average Bonchev–Trinajstić information content (AvgIpc) is 3.13. The van der Waals surface area contributed by atoms with Crippen LogP contribution in [0.2, 0.25) is 0 Å². The van der Waals surface area contributed by atoms with E-state index >= 15 is 0 Å². The SMILES string of the molecule is C[C@H](c1ccc(C(=O)O)cc1)[C@H]1CC[C@H]2[C@@H]3CC[C@@H]4C[C@H](O)CC[C@]4(C)[C@H]3C[C@H](O)[C@]12C. The van der Waals surface area contributed by atoms with Crippen molar-refractivity contribution in [1.82, 2.24) is 0 Å². The van der Waals surface area contributed by atoms with Crippen molar-refractivity contribution >= 4 is 5.97 Å². The molecule has 32 heavy (non-hydrogen) atoms. The Kier molecular flexibility index (Phi) is 5.49. The molecule has 4 fully saturated rings. The first-order valence-electron chi connectivity index (χ1n) is 12.9. The summed E-state index contributed by atoms with van der Waals surface area (Å²) in [6.45, 7) is 7.10. The Morgan fingerprint density at radius 2 is 1.69 bits per heavy atom. The quantitative estimate of drug-likeness (QED) is 0.582. The van der Waals surface area contributed by atoms with Crippen molar-refractivity contribution in [3.8, 4) is 0 Å². The first-order chi connectivity index (χ1) is 15.2. The van der Waals surface area contributed by atoms with Crippen LogP contribution in [0.3, 0.4) is 0 Å². The van der Waals surface area contributed by atoms with Crippen molar-refractivity contribution in [2.75, 3.05) is 0 Å². The molecule has 4 aliphatic carbocycles. The zero-order valence-electron chi connectivity index (χ0n) is 19.8. The van der Waals surface area contributed by atoms with Gasteiger partial charge in [0.1, 0.15) is 0 Å². The number of carboxylic acid groups (broad SMARTS) is 1. The van der Waals surface area contributed by atoms with Crippen LogP contribution in [-0.2, 0) is 0 Å². The van der Waals surface area contributed by atoms with Gasteiger partial charge in [0.2, 0.25) is 0 Å². The second-order valence-electron chi connectivity index (χ2n) is 12.1. The van der Waals surface area contributed by atoms with E-state index in [1.54, 1.807) is 12.1 Å². The molecule has 10 atom stereocenters. The number of aliphatic hydroxyl groups excluding tert-OH is 2. The van der Waals surface area contributed by atoms with Crippen LogP contribution < -0.4 is 0 Å². The number of carbonyl (C=O) groups is 1. The molecular weight excluding hydrogens is 400 g/mol. The molecule has 4 aliphatic rings. The fourth-order valence-corrected chi connectivity index (χ4v) is 9.21. The minimum Gasteiger partial charge on any atom is -0.478 e. The van der Waals surface area contributed by atoms with Crippen LogP contribution in [0, 0.1) is 40.4 Å². The average molecular weight is 441 g/mol. The maximum absolute atomic E-state index is 11.7. The molecule has 0 heterocycles. The number of hydrogen-bond acceptors (Lipinski definition) is 3. The topological polar surface area (TPSA) is 77.8 Å². The van der Waals surface area contributed by atoms with Crippen LogP contribution in [0.25, 0.3) is 0 Å². The highest BCUT2D eigenvalue weighted by Gasteiger charge is 2.63. The lowest BCUT2D eigenvalue weighted by atomic mass is 9.43. The lowest BCUT2D eigenvalue weighted by molar-refractivity contribution is -0.172. The normalized spacial score (nSPS) is 46.6. The van der Waals surface area contributed by atoms with Gasteiger partial charge in [-0.1, -0.05) is 32.9 Å². The van der Waals surface area contributed by atoms with Gasteiger partial charge in [-0.15, -0.1) is 0 Å². The zero-order valence-corrected chi connectivity index (χ0v) is 19.8. The van der Waals surface area contributed by atoms with Crippen molar-refractivity contribution in [1.29, 1.82) is 0 Å². The highest BCUT2D eigenvalue weighted by atomic mass is 16.4. The fraction of sp³-hybridized carbons (Fsp3) is 0.750. The lowest BCUT2D eigenvalue weighted by Crippen LogP contribution is -2.58. The summed E-state index contributed by atoms with van der Waals surface area (Å²) in [5.74, 6) is 2.26. The van der Waals surface area contributed by atoms with E-state index in [0.717, 1.165) is 32.1 Å². The molecule has 0 spiro atoms. The number of benzene rings is 1. The van der Waals surface area contributed by atoms with Crippen LogP contribution in [-0.4, -0.2) is 33.5 Å². The van der Waals surface area contributed by atoms with Crippen LogP contribution in [0.15, 0.2) is 24.3 Å². The highest BCUT2D eigenvalue weighted by Crippen LogP contribution is 2.68. The number of aromatic carboxylic acids is 1. The predicted octanol–water partition coefficient (Wildman–Crippen LogP) is 5.48. The van der Waals surface area contributed by atoms with Crippen LogP contribution >= 0.6 is 0 Å². The number of aliphatic hydroxyl groups is 2. The standard InChI is InChI=1S/C28H40O4/c1-16(17-4-6-18(7-5-17)26(31)32)22-10-11-23-21-9-8-19-14-20(29)12-13-27(19,2)24(21)15-25(30)28(22,23)3/h4-7,16,19-25,29-30H,8-15H2,1-3H3,(H,31,32)/t16-,19-,20-,21+,22-,23+,24+,25+,27+,28-/m1/s1. The third-order valence-corrected chi connectivity index (χ3v) is 11.1. The van der Waals surface area contributed by atoms with E-state index in [9.17, 15) is 20.1 Å². The van der Waals surface area contributed by atoms with Gasteiger partial charge >= 0.3 is 5.97 Å². The summed E-state index contributed by atoms with van der Waals surface area (Å²) in [5.41, 5.74) is 1.71. The van der Waals surface area contributed by atoms with Crippen LogP contribution in [0.1, 0.15) is 94.0 Å². The minimum atomic E-state index is -0.884. The van der Waals surface area contributed by atoms with Gasteiger partial charge in [0.05, 0.1) is 17.8 Å². The summed E-state index contributed by atoms with van der Waals surface area (Å²) >= 11 is 0. The van der Waals surface area contributed by atoms with Gasteiger partial charge in [-0.2, -0.15) is 0 Å². The molecule has 4 heteroatoms. The van der Waals surface area contributed by atoms with Crippen LogP contribution in [0.4, 0.5) is 0 Å². The van der Waals surface area contributed by atoms with Crippen molar-refractivity contribution in [3.63, 3.8) is 0 Å². The highest BCUT2D eigenvalue weighted by molar-refractivity contribution is 5.87. The van der Waals surface area contributed by atoms with Crippen molar-refractivity contribution in [2.24, 2.45) is 40.4 Å². The number of rotatable bonds is 3. The van der Waals surface area contributed by atoms with Crippen molar-refractivity contribution in [2.45, 2.75) is 90.3 Å². The molecule has 5 rings (SSSR count). The van der Waals surface area contributed by atoms with Gasteiger partial charge in [-0.3, -0.25) is 0 Å². The monoisotopic (exact) mass is 440 g/mol. The van der Waals surface area contributed by atoms with Crippen molar-refractivity contribution < 1.29 is 20.1 Å². The Labute approximate surface area is 192 Å². The smallest absolute Gasteiger partial charge is 0.335 e. The van der Waals surface area contributed by atoms with E-state index in [1.807, 2.05) is 12.1 Å². The fourth-order valence-electron chi connectivity index (χ4n) is 9.21. The van der Waals surface area contributed by atoms with Gasteiger partial charge in [0, 0.05) is 0 Å². The molecular formula is C28H40O4. The number of hydrogen-bond donors (Lipinski definition) is 3. The molecule has 4 saturated carbocycles. The summed E-state index contributed by atoms with van der Waals surface area (Å²) in [4.78, 5) is 11.3. The van der Waals surface area contributed by atoms with E-state index in [-0.39, 0.29) is 23.0 Å². The molecule has 176 valence electrons. The second-order valence-corrected chi connectivity index (χ2v) is 12.1. The Balaban J connectivity index is 1.41. The van der Waals surface area contributed by atoms with E-state index in [0.29, 0.717) is 41.1 Å².